The second-order valence-corrected chi connectivity index (χ2v) is 9.82. The van der Waals surface area contributed by atoms with Gasteiger partial charge in [-0.1, -0.05) is 11.6 Å². The van der Waals surface area contributed by atoms with Gasteiger partial charge in [0.1, 0.15) is 5.82 Å². The minimum atomic E-state index is -3.67. The van der Waals surface area contributed by atoms with Gasteiger partial charge in [0.05, 0.1) is 12.4 Å². The zero-order valence-electron chi connectivity index (χ0n) is 17.0. The number of nitrogens with zero attached hydrogens (tertiary/aromatic N) is 2. The maximum Gasteiger partial charge on any atom is 0.261 e. The van der Waals surface area contributed by atoms with Crippen molar-refractivity contribution in [1.82, 2.24) is 9.97 Å². The van der Waals surface area contributed by atoms with Gasteiger partial charge in [0, 0.05) is 27.9 Å². The topological polar surface area (TPSA) is 112 Å². The third-order valence-electron chi connectivity index (χ3n) is 5.32. The van der Waals surface area contributed by atoms with Gasteiger partial charge in [-0.15, -0.1) is 0 Å². The number of fused-ring (bicyclic) bond motifs is 1. The molecule has 3 N–H and O–H groups in total. The highest BCUT2D eigenvalue weighted by atomic mass is 35.5. The normalized spacial score (nSPS) is 21.2. The molecular weight excluding hydrogens is 426 g/mol. The van der Waals surface area contributed by atoms with E-state index in [-0.39, 0.29) is 6.10 Å². The van der Waals surface area contributed by atoms with Crippen molar-refractivity contribution in [3.05, 3.63) is 40.5 Å². The SMILES string of the molecule is CS(=O)(=O)O.O[C@H]1CC[C@H](Nc2nc(-c3ccc(Cl)cc3)nc3c2CCCC3)CC1. The fraction of sp³-hybridized carbons (Fsp3) is 0.524. The monoisotopic (exact) mass is 453 g/mol. The van der Waals surface area contributed by atoms with Crippen LogP contribution >= 0.6 is 11.6 Å². The molecule has 1 saturated carbocycles. The first-order valence-corrected chi connectivity index (χ1v) is 12.4. The van der Waals surface area contributed by atoms with E-state index in [0.717, 1.165) is 60.8 Å². The first-order valence-electron chi connectivity index (χ1n) is 10.2. The number of rotatable bonds is 3. The molecule has 2 aliphatic carbocycles. The second kappa shape index (κ2) is 10.0. The number of benzene rings is 1. The first-order chi connectivity index (χ1) is 14.2. The maximum absolute atomic E-state index is 9.74. The van der Waals surface area contributed by atoms with Crippen molar-refractivity contribution >= 4 is 27.5 Å². The van der Waals surface area contributed by atoms with Crippen LogP contribution in [0.1, 0.15) is 49.8 Å². The van der Waals surface area contributed by atoms with Gasteiger partial charge in [-0.3, -0.25) is 4.55 Å². The van der Waals surface area contributed by atoms with Crippen LogP contribution in [0.15, 0.2) is 24.3 Å². The van der Waals surface area contributed by atoms with Gasteiger partial charge in [0.25, 0.3) is 10.1 Å². The molecule has 2 aromatic rings. The molecule has 4 rings (SSSR count). The highest BCUT2D eigenvalue weighted by molar-refractivity contribution is 7.85. The van der Waals surface area contributed by atoms with Gasteiger partial charge in [-0.2, -0.15) is 8.42 Å². The summed E-state index contributed by atoms with van der Waals surface area (Å²) in [6.07, 6.45) is 8.78. The Balaban J connectivity index is 0.000000461. The van der Waals surface area contributed by atoms with Crippen LogP contribution < -0.4 is 5.32 Å². The van der Waals surface area contributed by atoms with Gasteiger partial charge in [0.15, 0.2) is 5.82 Å². The summed E-state index contributed by atoms with van der Waals surface area (Å²) in [5.41, 5.74) is 3.47. The molecule has 1 fully saturated rings. The number of aryl methyl sites for hydroxylation is 1. The molecule has 0 bridgehead atoms. The molecule has 0 atom stereocenters. The zero-order valence-corrected chi connectivity index (χ0v) is 18.6. The minimum absolute atomic E-state index is 0.137. The predicted octanol–water partition coefficient (Wildman–Crippen LogP) is 3.90. The smallest absolute Gasteiger partial charge is 0.261 e. The molecule has 0 saturated heterocycles. The van der Waals surface area contributed by atoms with Crippen LogP contribution in [0.3, 0.4) is 0 Å². The van der Waals surface area contributed by atoms with Crippen LogP contribution in [0, 0.1) is 0 Å². The van der Waals surface area contributed by atoms with E-state index in [2.05, 4.69) is 5.32 Å². The Morgan fingerprint density at radius 3 is 2.27 bits per heavy atom. The lowest BCUT2D eigenvalue weighted by atomic mass is 9.92. The molecule has 1 aromatic carbocycles. The highest BCUT2D eigenvalue weighted by Crippen LogP contribution is 2.31. The van der Waals surface area contributed by atoms with Crippen molar-refractivity contribution in [3.63, 3.8) is 0 Å². The van der Waals surface area contributed by atoms with Crippen LogP contribution in [-0.2, 0) is 23.0 Å². The molecular formula is C21H28ClN3O4S. The molecule has 7 nitrogen and oxygen atoms in total. The van der Waals surface area contributed by atoms with Crippen molar-refractivity contribution in [2.24, 2.45) is 0 Å². The van der Waals surface area contributed by atoms with Gasteiger partial charge < -0.3 is 10.4 Å². The quantitative estimate of drug-likeness (QED) is 0.604. The summed E-state index contributed by atoms with van der Waals surface area (Å²) >= 11 is 6.01. The molecule has 0 amide bonds. The van der Waals surface area contributed by atoms with Crippen LogP contribution in [0.25, 0.3) is 11.4 Å². The fourth-order valence-electron chi connectivity index (χ4n) is 3.86. The number of nitrogens with one attached hydrogen (secondary N) is 1. The lowest BCUT2D eigenvalue weighted by Gasteiger charge is -2.28. The Morgan fingerprint density at radius 2 is 1.63 bits per heavy atom. The largest absolute Gasteiger partial charge is 0.393 e. The van der Waals surface area contributed by atoms with Gasteiger partial charge >= 0.3 is 0 Å². The Morgan fingerprint density at radius 1 is 1.03 bits per heavy atom. The number of hydrogen-bond donors (Lipinski definition) is 3. The average Bonchev–Trinajstić information content (AvgIpc) is 2.69. The Kier molecular flexibility index (Phi) is 7.68. The zero-order chi connectivity index (χ0) is 21.7. The average molecular weight is 454 g/mol. The van der Waals surface area contributed by atoms with Crippen molar-refractivity contribution in [2.75, 3.05) is 11.6 Å². The Bertz CT molecular complexity index is 951. The first kappa shape index (κ1) is 22.9. The maximum atomic E-state index is 9.74. The number of aromatic nitrogens is 2. The van der Waals surface area contributed by atoms with Gasteiger partial charge in [0.2, 0.25) is 0 Å². The lowest BCUT2D eigenvalue weighted by Crippen LogP contribution is -2.29. The van der Waals surface area contributed by atoms with Crippen molar-refractivity contribution in [2.45, 2.75) is 63.5 Å². The third-order valence-corrected chi connectivity index (χ3v) is 5.58. The lowest BCUT2D eigenvalue weighted by molar-refractivity contribution is 0.126. The number of hydrogen-bond acceptors (Lipinski definition) is 6. The van der Waals surface area contributed by atoms with E-state index in [0.29, 0.717) is 12.3 Å². The summed E-state index contributed by atoms with van der Waals surface area (Å²) in [6.45, 7) is 0. The molecule has 164 valence electrons. The molecule has 0 aliphatic heterocycles. The van der Waals surface area contributed by atoms with E-state index in [1.54, 1.807) is 0 Å². The van der Waals surface area contributed by atoms with Gasteiger partial charge in [-0.25, -0.2) is 9.97 Å². The molecule has 2 aliphatic rings. The van der Waals surface area contributed by atoms with E-state index in [1.807, 2.05) is 24.3 Å². The standard InChI is InChI=1S/C20H24ClN3O.CH4O3S/c21-14-7-5-13(6-8-14)19-23-18-4-2-1-3-17(18)20(24-19)22-15-9-11-16(25)12-10-15;1-5(2,3)4/h5-8,15-16,25H,1-4,9-12H2,(H,22,23,24);1H3,(H,2,3,4)/t15-,16-;. The molecule has 9 heteroatoms. The summed E-state index contributed by atoms with van der Waals surface area (Å²) in [5.74, 6) is 1.77. The van der Waals surface area contributed by atoms with Crippen LogP contribution in [0.2, 0.25) is 5.02 Å². The minimum Gasteiger partial charge on any atom is -0.393 e. The van der Waals surface area contributed by atoms with Gasteiger partial charge in [-0.05, 0) is 75.6 Å². The molecule has 0 spiro atoms. The molecule has 0 radical (unpaired) electrons. The molecule has 0 unspecified atom stereocenters. The number of anilines is 1. The molecule has 30 heavy (non-hydrogen) atoms. The van der Waals surface area contributed by atoms with Crippen LogP contribution in [0.5, 0.6) is 0 Å². The van der Waals surface area contributed by atoms with Crippen molar-refractivity contribution in [1.29, 1.82) is 0 Å². The summed E-state index contributed by atoms with van der Waals surface area (Å²) in [4.78, 5) is 9.72. The summed E-state index contributed by atoms with van der Waals surface area (Å²) in [6, 6.07) is 8.12. The van der Waals surface area contributed by atoms with Crippen LogP contribution in [-0.4, -0.2) is 46.4 Å². The highest BCUT2D eigenvalue weighted by Gasteiger charge is 2.23. The fourth-order valence-corrected chi connectivity index (χ4v) is 3.98. The third kappa shape index (κ3) is 6.91. The summed E-state index contributed by atoms with van der Waals surface area (Å²) in [5, 5.41) is 14.1. The Labute approximate surface area is 182 Å². The van der Waals surface area contributed by atoms with E-state index < -0.39 is 10.1 Å². The number of aliphatic hydroxyl groups is 1. The van der Waals surface area contributed by atoms with Crippen molar-refractivity contribution < 1.29 is 18.1 Å². The van der Waals surface area contributed by atoms with E-state index >= 15 is 0 Å². The van der Waals surface area contributed by atoms with E-state index in [1.165, 1.54) is 24.1 Å². The van der Waals surface area contributed by atoms with E-state index in [4.69, 9.17) is 26.1 Å². The molecule has 1 heterocycles. The summed E-state index contributed by atoms with van der Waals surface area (Å²) in [7, 11) is -3.67. The number of halogens is 1. The Hall–Kier alpha value is -1.74. The van der Waals surface area contributed by atoms with E-state index in [9.17, 15) is 13.5 Å². The van der Waals surface area contributed by atoms with Crippen molar-refractivity contribution in [3.8, 4) is 11.4 Å². The molecule has 1 aromatic heterocycles. The predicted molar refractivity (Wildman–Crippen MR) is 118 cm³/mol. The second-order valence-electron chi connectivity index (χ2n) is 7.92. The van der Waals surface area contributed by atoms with Crippen LogP contribution in [0.4, 0.5) is 5.82 Å². The summed E-state index contributed by atoms with van der Waals surface area (Å²) < 4.78 is 25.9. The number of aliphatic hydroxyl groups excluding tert-OH is 1.